The summed E-state index contributed by atoms with van der Waals surface area (Å²) < 4.78 is 3.30. The number of hydrogen-bond donors (Lipinski definition) is 1. The third-order valence-corrected chi connectivity index (χ3v) is 6.51. The molecular weight excluding hydrogens is 394 g/mol. The number of rotatable bonds is 5. The molecule has 2 N–H and O–H groups in total. The van der Waals surface area contributed by atoms with Crippen molar-refractivity contribution in [1.29, 1.82) is 0 Å². The summed E-state index contributed by atoms with van der Waals surface area (Å²) in [4.78, 5) is 57.0. The van der Waals surface area contributed by atoms with Crippen LogP contribution in [0, 0.1) is 0 Å². The first kappa shape index (κ1) is 19.3. The first-order chi connectivity index (χ1) is 13.8. The number of nitrogen functional groups attached to an aromatic ring is 1. The van der Waals surface area contributed by atoms with Crippen molar-refractivity contribution in [2.24, 2.45) is 7.05 Å². The predicted octanol–water partition coefficient (Wildman–Crippen LogP) is 0.682. The second kappa shape index (κ2) is 7.11. The zero-order chi connectivity index (χ0) is 20.9. The van der Waals surface area contributed by atoms with Gasteiger partial charge in [0.2, 0.25) is 0 Å². The predicted molar refractivity (Wildman–Crippen MR) is 111 cm³/mol. The lowest BCUT2D eigenvalue weighted by Gasteiger charge is -2.14. The molecule has 0 atom stereocenters. The lowest BCUT2D eigenvalue weighted by molar-refractivity contribution is 0.0968. The van der Waals surface area contributed by atoms with E-state index < -0.39 is 17.0 Å². The molecule has 0 unspecified atom stereocenters. The maximum Gasteiger partial charge on any atom is 0.332 e. The van der Waals surface area contributed by atoms with Crippen LogP contribution in [0.3, 0.4) is 0 Å². The molecule has 0 radical (unpaired) electrons. The van der Waals surface area contributed by atoms with Gasteiger partial charge in [0.15, 0.2) is 5.78 Å². The van der Waals surface area contributed by atoms with E-state index in [1.165, 1.54) is 38.7 Å². The van der Waals surface area contributed by atoms with Gasteiger partial charge >= 0.3 is 5.69 Å². The first-order valence-electron chi connectivity index (χ1n) is 9.47. The number of carbonyl (C=O) groups excluding carboxylic acids is 1. The molecule has 9 nitrogen and oxygen atoms in total. The third kappa shape index (κ3) is 2.94. The van der Waals surface area contributed by atoms with Crippen molar-refractivity contribution in [3.05, 3.63) is 53.5 Å². The van der Waals surface area contributed by atoms with E-state index >= 15 is 0 Å². The van der Waals surface area contributed by atoms with Crippen LogP contribution in [0.5, 0.6) is 0 Å². The lowest BCUT2D eigenvalue weighted by Crippen LogP contribution is -2.43. The topological polar surface area (TPSA) is 122 Å². The quantitative estimate of drug-likeness (QED) is 0.612. The van der Waals surface area contributed by atoms with Gasteiger partial charge in [-0.25, -0.2) is 9.78 Å². The van der Waals surface area contributed by atoms with Gasteiger partial charge in [0, 0.05) is 18.5 Å². The van der Waals surface area contributed by atoms with Gasteiger partial charge in [-0.3, -0.25) is 28.1 Å². The number of hydrogen-bond acceptors (Lipinski definition) is 7. The number of nitrogens with two attached hydrogens (primary N) is 1. The third-order valence-electron chi connectivity index (χ3n) is 5.32. The molecule has 0 bridgehead atoms. The fourth-order valence-corrected chi connectivity index (χ4v) is 5.07. The van der Waals surface area contributed by atoms with Crippen LogP contribution in [0.25, 0.3) is 10.2 Å². The normalized spacial score (nSPS) is 13.2. The van der Waals surface area contributed by atoms with Gasteiger partial charge in [-0.1, -0.05) is 6.92 Å². The van der Waals surface area contributed by atoms with E-state index in [0.717, 1.165) is 29.4 Å². The molecule has 1 aliphatic carbocycles. The molecule has 3 heterocycles. The summed E-state index contributed by atoms with van der Waals surface area (Å²) in [7, 11) is 1.31. The minimum Gasteiger partial charge on any atom is -0.384 e. The molecule has 10 heteroatoms. The van der Waals surface area contributed by atoms with Crippen molar-refractivity contribution < 1.29 is 4.79 Å². The number of ketones is 1. The van der Waals surface area contributed by atoms with E-state index in [9.17, 15) is 19.2 Å². The molecule has 1 aliphatic rings. The van der Waals surface area contributed by atoms with E-state index in [-0.39, 0.29) is 30.0 Å². The van der Waals surface area contributed by atoms with Gasteiger partial charge in [-0.15, -0.1) is 11.3 Å². The van der Waals surface area contributed by atoms with Crippen molar-refractivity contribution in [2.45, 2.75) is 45.7 Å². The van der Waals surface area contributed by atoms with Crippen molar-refractivity contribution in [2.75, 3.05) is 5.73 Å². The van der Waals surface area contributed by atoms with Crippen molar-refractivity contribution in [1.82, 2.24) is 18.7 Å². The van der Waals surface area contributed by atoms with Crippen LogP contribution >= 0.6 is 11.3 Å². The summed E-state index contributed by atoms with van der Waals surface area (Å²) in [6.07, 6.45) is 4.73. The minimum absolute atomic E-state index is 0.163. The Bertz CT molecular complexity index is 1330. The van der Waals surface area contributed by atoms with Gasteiger partial charge in [0.05, 0.1) is 18.3 Å². The van der Waals surface area contributed by atoms with Gasteiger partial charge in [0.1, 0.15) is 16.2 Å². The van der Waals surface area contributed by atoms with Crippen LogP contribution in [-0.4, -0.2) is 24.5 Å². The SMILES string of the molecule is CCCn1c(N)c(C(=O)Cn2cnc3sc4c(c3c2=O)CCC4)c(=O)n(C)c1=O. The average Bonchev–Trinajstić information content (AvgIpc) is 3.27. The van der Waals surface area contributed by atoms with Gasteiger partial charge in [-0.2, -0.15) is 0 Å². The molecule has 4 rings (SSSR count). The lowest BCUT2D eigenvalue weighted by atomic mass is 10.1. The van der Waals surface area contributed by atoms with Crippen LogP contribution in [0.2, 0.25) is 0 Å². The van der Waals surface area contributed by atoms with E-state index in [4.69, 9.17) is 5.73 Å². The first-order valence-corrected chi connectivity index (χ1v) is 10.3. The molecule has 3 aromatic heterocycles. The highest BCUT2D eigenvalue weighted by atomic mass is 32.1. The molecule has 0 saturated heterocycles. The van der Waals surface area contributed by atoms with Gasteiger partial charge in [-0.05, 0) is 31.2 Å². The summed E-state index contributed by atoms with van der Waals surface area (Å²) in [5.74, 6) is -0.786. The van der Waals surface area contributed by atoms with Crippen LogP contribution in [-0.2, 0) is 33.0 Å². The van der Waals surface area contributed by atoms with Crippen LogP contribution in [0.4, 0.5) is 5.82 Å². The number of thiophene rings is 1. The summed E-state index contributed by atoms with van der Waals surface area (Å²) in [6.45, 7) is 1.78. The number of nitrogens with zero attached hydrogens (tertiary/aromatic N) is 4. The zero-order valence-corrected chi connectivity index (χ0v) is 17.0. The standard InChI is InChI=1S/C19H21N5O4S/c1-3-7-24-15(20)14(17(26)22(2)19(24)28)11(25)8-23-9-21-16-13(18(23)27)10-5-4-6-12(10)29-16/h9H,3-8,20H2,1-2H3. The summed E-state index contributed by atoms with van der Waals surface area (Å²) >= 11 is 1.52. The Morgan fingerprint density at radius 3 is 2.72 bits per heavy atom. The number of aromatic nitrogens is 4. The molecule has 0 aromatic carbocycles. The van der Waals surface area contributed by atoms with Gasteiger partial charge in [0.25, 0.3) is 11.1 Å². The van der Waals surface area contributed by atoms with E-state index in [1.807, 2.05) is 6.92 Å². The van der Waals surface area contributed by atoms with Crippen molar-refractivity contribution >= 4 is 33.2 Å². The number of aryl methyl sites for hydroxylation is 2. The molecule has 0 amide bonds. The Morgan fingerprint density at radius 2 is 2.00 bits per heavy atom. The van der Waals surface area contributed by atoms with E-state index in [1.54, 1.807) is 0 Å². The maximum atomic E-state index is 13.0. The molecule has 29 heavy (non-hydrogen) atoms. The van der Waals surface area contributed by atoms with Crippen molar-refractivity contribution in [3.63, 3.8) is 0 Å². The fraction of sp³-hybridized carbons (Fsp3) is 0.421. The van der Waals surface area contributed by atoms with Crippen LogP contribution in [0.1, 0.15) is 40.6 Å². The molecule has 0 fully saturated rings. The van der Waals surface area contributed by atoms with Crippen LogP contribution < -0.4 is 22.5 Å². The summed E-state index contributed by atoms with van der Waals surface area (Å²) in [5.41, 5.74) is 5.14. The molecule has 152 valence electrons. The Labute approximate surface area is 169 Å². The van der Waals surface area contributed by atoms with Gasteiger partial charge < -0.3 is 5.73 Å². The maximum absolute atomic E-state index is 13.0. The fourth-order valence-electron chi connectivity index (χ4n) is 3.85. The second-order valence-electron chi connectivity index (χ2n) is 7.20. The number of carbonyl (C=O) groups is 1. The second-order valence-corrected chi connectivity index (χ2v) is 8.28. The Hall–Kier alpha value is -3.01. The summed E-state index contributed by atoms with van der Waals surface area (Å²) in [5, 5.41) is 0.564. The molecule has 3 aromatic rings. The number of fused-ring (bicyclic) bond motifs is 3. The highest BCUT2D eigenvalue weighted by Crippen LogP contribution is 2.34. The highest BCUT2D eigenvalue weighted by Gasteiger charge is 2.24. The monoisotopic (exact) mass is 415 g/mol. The molecule has 0 spiro atoms. The van der Waals surface area contributed by atoms with Crippen molar-refractivity contribution in [3.8, 4) is 0 Å². The zero-order valence-electron chi connectivity index (χ0n) is 16.2. The smallest absolute Gasteiger partial charge is 0.332 e. The van der Waals surface area contributed by atoms with E-state index in [0.29, 0.717) is 16.6 Å². The largest absolute Gasteiger partial charge is 0.384 e. The van der Waals surface area contributed by atoms with E-state index in [2.05, 4.69) is 4.98 Å². The average molecular weight is 415 g/mol. The molecular formula is C19H21N5O4S. The molecule has 0 aliphatic heterocycles. The van der Waals surface area contributed by atoms with Crippen LogP contribution in [0.15, 0.2) is 20.7 Å². The highest BCUT2D eigenvalue weighted by molar-refractivity contribution is 7.18. The summed E-state index contributed by atoms with van der Waals surface area (Å²) in [6, 6.07) is 0. The Balaban J connectivity index is 1.80. The minimum atomic E-state index is -0.761. The Kier molecular flexibility index (Phi) is 4.73. The Morgan fingerprint density at radius 1 is 1.24 bits per heavy atom. The number of anilines is 1. The molecule has 0 saturated carbocycles. The number of Topliss-reactive ketones (excluding diaryl/α,β-unsaturated/α-hetero) is 1.